The van der Waals surface area contributed by atoms with Crippen molar-refractivity contribution in [1.82, 2.24) is 4.90 Å². The Hall–Kier alpha value is -0.200. The third-order valence-corrected chi connectivity index (χ3v) is 3.73. The molecule has 0 aromatic heterocycles. The fraction of sp³-hybridized carbons (Fsp3) is 1.00. The molecule has 0 amide bonds. The van der Waals surface area contributed by atoms with E-state index in [9.17, 15) is 0 Å². The second-order valence-electron chi connectivity index (χ2n) is 5.58. The minimum absolute atomic E-state index is 0.0498. The highest BCUT2D eigenvalue weighted by Crippen LogP contribution is 2.17. The summed E-state index contributed by atoms with van der Waals surface area (Å²) in [6.07, 6.45) is 3.37. The lowest BCUT2D eigenvalue weighted by Crippen LogP contribution is -2.40. The molecule has 0 aromatic carbocycles. The number of ether oxygens (including phenoxy) is 2. The van der Waals surface area contributed by atoms with Gasteiger partial charge in [0.05, 0.1) is 18.8 Å². The summed E-state index contributed by atoms with van der Waals surface area (Å²) in [6, 6.07) is 0. The third kappa shape index (κ3) is 4.82. The minimum atomic E-state index is -0.435. The molecule has 0 aromatic rings. The monoisotopic (exact) mass is 260 g/mol. The molecule has 1 aliphatic rings. The second kappa shape index (κ2) is 7.40. The highest BCUT2D eigenvalue weighted by Gasteiger charge is 2.32. The van der Waals surface area contributed by atoms with Gasteiger partial charge in [0.2, 0.25) is 0 Å². The predicted octanol–water partition coefficient (Wildman–Crippen LogP) is 0.212. The van der Waals surface area contributed by atoms with E-state index in [-0.39, 0.29) is 18.8 Å². The van der Waals surface area contributed by atoms with E-state index in [2.05, 4.69) is 4.90 Å². The fourth-order valence-electron chi connectivity index (χ4n) is 2.40. The van der Waals surface area contributed by atoms with E-state index in [1.54, 1.807) is 14.2 Å². The van der Waals surface area contributed by atoms with Crippen LogP contribution in [0.1, 0.15) is 26.2 Å². The molecule has 1 heterocycles. The van der Waals surface area contributed by atoms with Crippen molar-refractivity contribution in [2.45, 2.75) is 43.9 Å². The van der Waals surface area contributed by atoms with E-state index < -0.39 is 5.54 Å². The minimum Gasteiger partial charge on any atom is -0.394 e. The lowest BCUT2D eigenvalue weighted by molar-refractivity contribution is -0.00461. The maximum absolute atomic E-state index is 9.07. The zero-order valence-electron chi connectivity index (χ0n) is 11.9. The Morgan fingerprint density at radius 1 is 1.22 bits per heavy atom. The van der Waals surface area contributed by atoms with Crippen LogP contribution in [-0.4, -0.2) is 68.2 Å². The van der Waals surface area contributed by atoms with Crippen LogP contribution < -0.4 is 5.73 Å². The number of nitrogens with zero attached hydrogens (tertiary/aromatic N) is 1. The number of methoxy groups -OCH3 is 2. The molecule has 1 saturated heterocycles. The van der Waals surface area contributed by atoms with Gasteiger partial charge in [0.15, 0.2) is 0 Å². The van der Waals surface area contributed by atoms with Gasteiger partial charge >= 0.3 is 0 Å². The van der Waals surface area contributed by atoms with E-state index >= 15 is 0 Å². The van der Waals surface area contributed by atoms with E-state index in [1.165, 1.54) is 0 Å². The Labute approximate surface area is 110 Å². The summed E-state index contributed by atoms with van der Waals surface area (Å²) in [4.78, 5) is 2.37. The van der Waals surface area contributed by atoms with Gasteiger partial charge in [-0.05, 0) is 26.3 Å². The Bertz CT molecular complexity index is 224. The lowest BCUT2D eigenvalue weighted by atomic mass is 9.97. The maximum atomic E-state index is 9.07. The number of aliphatic hydroxyl groups excluding tert-OH is 1. The van der Waals surface area contributed by atoms with Gasteiger partial charge in [-0.15, -0.1) is 0 Å². The third-order valence-electron chi connectivity index (χ3n) is 3.73. The van der Waals surface area contributed by atoms with Gasteiger partial charge in [-0.3, -0.25) is 4.90 Å². The van der Waals surface area contributed by atoms with Crippen molar-refractivity contribution in [1.29, 1.82) is 0 Å². The van der Waals surface area contributed by atoms with Crippen LogP contribution in [0.5, 0.6) is 0 Å². The first kappa shape index (κ1) is 15.9. The number of hydrogen-bond donors (Lipinski definition) is 2. The van der Waals surface area contributed by atoms with Crippen molar-refractivity contribution in [3.05, 3.63) is 0 Å². The van der Waals surface area contributed by atoms with Gasteiger partial charge in [0, 0.05) is 32.8 Å². The summed E-state index contributed by atoms with van der Waals surface area (Å²) in [6.45, 7) is 4.87. The van der Waals surface area contributed by atoms with E-state index in [0.717, 1.165) is 38.9 Å². The maximum Gasteiger partial charge on any atom is 0.0971 e. The zero-order valence-corrected chi connectivity index (χ0v) is 11.9. The summed E-state index contributed by atoms with van der Waals surface area (Å²) in [5, 5.41) is 9.07. The van der Waals surface area contributed by atoms with Crippen molar-refractivity contribution in [3.63, 3.8) is 0 Å². The number of aliphatic hydroxyl groups is 1. The van der Waals surface area contributed by atoms with Gasteiger partial charge in [0.25, 0.3) is 0 Å². The van der Waals surface area contributed by atoms with E-state index in [1.807, 2.05) is 6.92 Å². The molecule has 0 spiro atoms. The first-order chi connectivity index (χ1) is 8.52. The van der Waals surface area contributed by atoms with Crippen LogP contribution in [0.15, 0.2) is 0 Å². The molecule has 0 saturated carbocycles. The molecule has 1 fully saturated rings. The second-order valence-corrected chi connectivity index (χ2v) is 5.58. The summed E-state index contributed by atoms with van der Waals surface area (Å²) < 4.78 is 10.8. The fourth-order valence-corrected chi connectivity index (χ4v) is 2.40. The molecule has 3 atom stereocenters. The van der Waals surface area contributed by atoms with Crippen molar-refractivity contribution in [2.75, 3.05) is 40.5 Å². The van der Waals surface area contributed by atoms with Gasteiger partial charge in [-0.1, -0.05) is 6.42 Å². The summed E-state index contributed by atoms with van der Waals surface area (Å²) >= 11 is 0. The van der Waals surface area contributed by atoms with Crippen molar-refractivity contribution >= 4 is 0 Å². The highest BCUT2D eigenvalue weighted by atomic mass is 16.5. The average molecular weight is 260 g/mol. The SMILES string of the molecule is COC1CN(CCCCC(C)(N)CO)CC1OC. The molecule has 3 unspecified atom stereocenters. The van der Waals surface area contributed by atoms with Crippen molar-refractivity contribution in [2.24, 2.45) is 5.73 Å². The lowest BCUT2D eigenvalue weighted by Gasteiger charge is -2.22. The smallest absolute Gasteiger partial charge is 0.0971 e. The number of likely N-dealkylation sites (tertiary alicyclic amines) is 1. The van der Waals surface area contributed by atoms with Gasteiger partial charge < -0.3 is 20.3 Å². The molecule has 0 bridgehead atoms. The van der Waals surface area contributed by atoms with Crippen LogP contribution in [0.3, 0.4) is 0 Å². The van der Waals surface area contributed by atoms with Gasteiger partial charge in [-0.2, -0.15) is 0 Å². The molecule has 1 rings (SSSR count). The molecular weight excluding hydrogens is 232 g/mol. The van der Waals surface area contributed by atoms with Crippen LogP contribution >= 0.6 is 0 Å². The number of hydrogen-bond acceptors (Lipinski definition) is 5. The first-order valence-electron chi connectivity index (χ1n) is 6.70. The van der Waals surface area contributed by atoms with Crippen molar-refractivity contribution < 1.29 is 14.6 Å². The van der Waals surface area contributed by atoms with Crippen LogP contribution in [-0.2, 0) is 9.47 Å². The summed E-state index contributed by atoms with van der Waals surface area (Å²) in [7, 11) is 3.47. The summed E-state index contributed by atoms with van der Waals surface area (Å²) in [5.41, 5.74) is 5.46. The molecule has 5 nitrogen and oxygen atoms in total. The molecule has 0 radical (unpaired) electrons. The topological polar surface area (TPSA) is 68.0 Å². The molecule has 18 heavy (non-hydrogen) atoms. The molecule has 108 valence electrons. The van der Waals surface area contributed by atoms with Gasteiger partial charge in [0.1, 0.15) is 0 Å². The van der Waals surface area contributed by atoms with E-state index in [4.69, 9.17) is 20.3 Å². The number of unbranched alkanes of at least 4 members (excludes halogenated alkanes) is 1. The number of rotatable bonds is 8. The molecule has 0 aliphatic carbocycles. The number of nitrogens with two attached hydrogens (primary N) is 1. The Morgan fingerprint density at radius 3 is 2.22 bits per heavy atom. The highest BCUT2D eigenvalue weighted by molar-refractivity contribution is 4.85. The standard InChI is InChI=1S/C13H28N2O3/c1-13(14,10-16)6-4-5-7-15-8-11(17-2)12(9-15)18-3/h11-12,16H,4-10,14H2,1-3H3. The van der Waals surface area contributed by atoms with Crippen molar-refractivity contribution in [3.8, 4) is 0 Å². The average Bonchev–Trinajstić information content (AvgIpc) is 2.77. The molecule has 5 heteroatoms. The first-order valence-corrected chi connectivity index (χ1v) is 6.70. The largest absolute Gasteiger partial charge is 0.394 e. The van der Waals surface area contributed by atoms with E-state index in [0.29, 0.717) is 0 Å². The summed E-state index contributed by atoms with van der Waals surface area (Å²) in [5.74, 6) is 0. The normalized spacial score (nSPS) is 28.5. The van der Waals surface area contributed by atoms with Crippen LogP contribution in [0.4, 0.5) is 0 Å². The molecular formula is C13H28N2O3. The Kier molecular flexibility index (Phi) is 6.52. The Morgan fingerprint density at radius 2 is 1.78 bits per heavy atom. The molecule has 1 aliphatic heterocycles. The molecule has 3 N–H and O–H groups in total. The predicted molar refractivity (Wildman–Crippen MR) is 71.6 cm³/mol. The van der Waals surface area contributed by atoms with Gasteiger partial charge in [-0.25, -0.2) is 0 Å². The zero-order chi connectivity index (χ0) is 13.6. The van der Waals surface area contributed by atoms with Crippen LogP contribution in [0, 0.1) is 0 Å². The Balaban J connectivity index is 2.17. The van der Waals surface area contributed by atoms with Crippen LogP contribution in [0.25, 0.3) is 0 Å². The van der Waals surface area contributed by atoms with Crippen LogP contribution in [0.2, 0.25) is 0 Å². The quantitative estimate of drug-likeness (QED) is 0.611.